The molecule has 0 radical (unpaired) electrons. The van der Waals surface area contributed by atoms with Crippen LogP contribution in [0.25, 0.3) is 11.1 Å². The van der Waals surface area contributed by atoms with Gasteiger partial charge in [-0.05, 0) is 73.0 Å². The fraction of sp³-hybridized carbons (Fsp3) is 0.393. The van der Waals surface area contributed by atoms with Crippen LogP contribution in [0, 0.1) is 0 Å². The van der Waals surface area contributed by atoms with Crippen molar-refractivity contribution in [3.05, 3.63) is 83.6 Å². The number of benzene rings is 2. The lowest BCUT2D eigenvalue weighted by Gasteiger charge is -2.30. The second-order valence-electron chi connectivity index (χ2n) is 9.01. The third-order valence-corrected chi connectivity index (χ3v) is 6.59. The first-order valence-electron chi connectivity index (χ1n) is 12.0. The van der Waals surface area contributed by atoms with Gasteiger partial charge >= 0.3 is 0 Å². The summed E-state index contributed by atoms with van der Waals surface area (Å²) in [6.07, 6.45) is 8.37. The second kappa shape index (κ2) is 10.4. The Morgan fingerprint density at radius 2 is 1.76 bits per heavy atom. The summed E-state index contributed by atoms with van der Waals surface area (Å²) >= 11 is 0. The molecule has 2 saturated heterocycles. The summed E-state index contributed by atoms with van der Waals surface area (Å²) in [5.74, 6) is 0.777. The van der Waals surface area contributed by atoms with E-state index in [0.29, 0.717) is 18.8 Å². The maximum absolute atomic E-state index is 13.1. The van der Waals surface area contributed by atoms with E-state index in [4.69, 9.17) is 9.47 Å². The van der Waals surface area contributed by atoms with Crippen molar-refractivity contribution in [3.8, 4) is 11.1 Å². The number of nitrogens with zero attached hydrogens (tertiary/aromatic N) is 2. The third kappa shape index (κ3) is 5.55. The molecule has 1 aliphatic carbocycles. The Labute approximate surface area is 196 Å². The average Bonchev–Trinajstić information content (AvgIpc) is 3.37. The minimum atomic E-state index is -0.141. The monoisotopic (exact) mass is 443 g/mol. The van der Waals surface area contributed by atoms with Crippen LogP contribution in [-0.4, -0.2) is 55.8 Å². The topological polar surface area (TPSA) is 57.1 Å². The lowest BCUT2D eigenvalue weighted by Crippen LogP contribution is -2.33. The molecular formula is C28H31N2O3-. The first kappa shape index (κ1) is 21.9. The van der Waals surface area contributed by atoms with Crippen molar-refractivity contribution in [1.29, 1.82) is 0 Å². The van der Waals surface area contributed by atoms with Crippen molar-refractivity contribution in [1.82, 2.24) is 4.90 Å². The van der Waals surface area contributed by atoms with Gasteiger partial charge in [-0.15, -0.1) is 0 Å². The van der Waals surface area contributed by atoms with Crippen molar-refractivity contribution < 1.29 is 14.6 Å². The van der Waals surface area contributed by atoms with Crippen LogP contribution < -0.4 is 5.11 Å². The van der Waals surface area contributed by atoms with Gasteiger partial charge in [-0.2, -0.15) is 0 Å². The molecule has 0 amide bonds. The molecule has 2 heterocycles. The molecule has 0 aromatic heterocycles. The highest BCUT2D eigenvalue weighted by atomic mass is 16.6. The number of ether oxygens (including phenoxy) is 2. The van der Waals surface area contributed by atoms with Gasteiger partial charge in [0, 0.05) is 6.54 Å². The van der Waals surface area contributed by atoms with Crippen LogP contribution in [0.4, 0.5) is 0 Å². The Kier molecular flexibility index (Phi) is 6.89. The molecule has 5 heteroatoms. The van der Waals surface area contributed by atoms with Gasteiger partial charge < -0.3 is 19.5 Å². The summed E-state index contributed by atoms with van der Waals surface area (Å²) in [7, 11) is 0. The Balaban J connectivity index is 1.32. The van der Waals surface area contributed by atoms with E-state index in [1.54, 1.807) is 0 Å². The molecule has 2 unspecified atom stereocenters. The molecule has 2 fully saturated rings. The predicted molar refractivity (Wildman–Crippen MR) is 129 cm³/mol. The number of hydrogen-bond donors (Lipinski definition) is 0. The Bertz CT molecular complexity index is 1020. The van der Waals surface area contributed by atoms with Gasteiger partial charge in [0.2, 0.25) is 0 Å². The van der Waals surface area contributed by atoms with Gasteiger partial charge in [-0.1, -0.05) is 60.7 Å². The number of fused-ring (bicyclic) bond motifs is 1. The molecular weight excluding hydrogens is 412 g/mol. The number of hydrogen-bond acceptors (Lipinski definition) is 5. The Morgan fingerprint density at radius 1 is 1.00 bits per heavy atom. The van der Waals surface area contributed by atoms with Crippen LogP contribution in [0.3, 0.4) is 0 Å². The summed E-state index contributed by atoms with van der Waals surface area (Å²) < 4.78 is 11.6. The minimum Gasteiger partial charge on any atom is -0.858 e. The number of allylic oxidation sites excluding steroid dienone is 1. The van der Waals surface area contributed by atoms with Gasteiger partial charge in [-0.3, -0.25) is 4.99 Å². The van der Waals surface area contributed by atoms with E-state index < -0.39 is 0 Å². The summed E-state index contributed by atoms with van der Waals surface area (Å²) in [5.41, 5.74) is 4.07. The summed E-state index contributed by atoms with van der Waals surface area (Å²) in [6, 6.07) is 17.9. The lowest BCUT2D eigenvalue weighted by atomic mass is 9.97. The minimum absolute atomic E-state index is 0.0428. The van der Waals surface area contributed by atoms with E-state index in [1.807, 2.05) is 42.5 Å². The SMILES string of the molecule is [O-]C(=NC(CC1=CCC2OCCOC2=C1)CN1CCCC1)c1ccc(-c2ccccc2)cc1. The van der Waals surface area contributed by atoms with Crippen LogP contribution in [0.5, 0.6) is 0 Å². The molecule has 0 bridgehead atoms. The number of rotatable bonds is 7. The summed E-state index contributed by atoms with van der Waals surface area (Å²) in [6.45, 7) is 4.25. The van der Waals surface area contributed by atoms with Crippen LogP contribution in [0.2, 0.25) is 0 Å². The van der Waals surface area contributed by atoms with Gasteiger partial charge in [0.15, 0.2) is 0 Å². The molecule has 0 spiro atoms. The maximum atomic E-state index is 13.1. The quantitative estimate of drug-likeness (QED) is 0.480. The van der Waals surface area contributed by atoms with Crippen molar-refractivity contribution in [2.24, 2.45) is 4.99 Å². The second-order valence-corrected chi connectivity index (χ2v) is 9.01. The smallest absolute Gasteiger partial charge is 0.125 e. The number of likely N-dealkylation sites (tertiary alicyclic amines) is 1. The van der Waals surface area contributed by atoms with Crippen LogP contribution in [-0.2, 0) is 9.47 Å². The predicted octanol–water partition coefficient (Wildman–Crippen LogP) is 3.94. The fourth-order valence-corrected chi connectivity index (χ4v) is 4.85. The lowest BCUT2D eigenvalue weighted by molar-refractivity contribution is -0.213. The summed E-state index contributed by atoms with van der Waals surface area (Å²) in [5, 5.41) is 13.1. The summed E-state index contributed by atoms with van der Waals surface area (Å²) in [4.78, 5) is 7.12. The molecule has 5 rings (SSSR count). The normalized spacial score (nSPS) is 22.2. The zero-order valence-corrected chi connectivity index (χ0v) is 19.0. The third-order valence-electron chi connectivity index (χ3n) is 6.59. The van der Waals surface area contributed by atoms with Gasteiger partial charge in [0.05, 0.1) is 12.6 Å². The first-order chi connectivity index (χ1) is 16.2. The molecule has 0 N–H and O–H groups in total. The Hall–Kier alpha value is -2.89. The van der Waals surface area contributed by atoms with Gasteiger partial charge in [0.25, 0.3) is 0 Å². The molecule has 2 aromatic carbocycles. The Morgan fingerprint density at radius 3 is 2.55 bits per heavy atom. The van der Waals surface area contributed by atoms with E-state index in [-0.39, 0.29) is 18.0 Å². The highest BCUT2D eigenvalue weighted by Gasteiger charge is 2.25. The van der Waals surface area contributed by atoms with Crippen LogP contribution in [0.1, 0.15) is 31.2 Å². The van der Waals surface area contributed by atoms with E-state index in [1.165, 1.54) is 18.4 Å². The maximum Gasteiger partial charge on any atom is 0.125 e. The van der Waals surface area contributed by atoms with Crippen molar-refractivity contribution in [2.45, 2.75) is 37.8 Å². The first-order valence-corrected chi connectivity index (χ1v) is 12.0. The van der Waals surface area contributed by atoms with E-state index in [2.05, 4.69) is 34.2 Å². The number of aliphatic imine (C=N–C) groups is 1. The standard InChI is InChI=1S/C28H32N2O3/c31-28(24-11-9-23(10-12-24)22-6-2-1-3-7-22)29-25(20-30-14-4-5-15-30)18-21-8-13-26-27(19-21)33-17-16-32-26/h1-3,6-12,19,25-26H,4-5,13-18,20H2,(H,29,31)/p-1. The molecule has 2 aromatic rings. The molecule has 0 saturated carbocycles. The molecule has 2 atom stereocenters. The van der Waals surface area contributed by atoms with E-state index >= 15 is 0 Å². The molecule has 5 nitrogen and oxygen atoms in total. The molecule has 172 valence electrons. The van der Waals surface area contributed by atoms with Crippen molar-refractivity contribution in [3.63, 3.8) is 0 Å². The zero-order chi connectivity index (χ0) is 22.5. The fourth-order valence-electron chi connectivity index (χ4n) is 4.85. The van der Waals surface area contributed by atoms with E-state index in [9.17, 15) is 5.11 Å². The highest BCUT2D eigenvalue weighted by molar-refractivity contribution is 5.91. The van der Waals surface area contributed by atoms with Crippen LogP contribution in [0.15, 0.2) is 83.1 Å². The van der Waals surface area contributed by atoms with Crippen LogP contribution >= 0.6 is 0 Å². The van der Waals surface area contributed by atoms with E-state index in [0.717, 1.165) is 49.4 Å². The molecule has 33 heavy (non-hydrogen) atoms. The van der Waals surface area contributed by atoms with Gasteiger partial charge in [0.1, 0.15) is 18.5 Å². The highest BCUT2D eigenvalue weighted by Crippen LogP contribution is 2.28. The molecule has 3 aliphatic rings. The van der Waals surface area contributed by atoms with Crippen molar-refractivity contribution in [2.75, 3.05) is 32.8 Å². The zero-order valence-electron chi connectivity index (χ0n) is 19.0. The largest absolute Gasteiger partial charge is 0.858 e. The molecule has 2 aliphatic heterocycles. The van der Waals surface area contributed by atoms with Crippen molar-refractivity contribution >= 4 is 5.90 Å². The van der Waals surface area contributed by atoms with Gasteiger partial charge in [-0.25, -0.2) is 0 Å². The average molecular weight is 444 g/mol.